The van der Waals surface area contributed by atoms with Crippen molar-refractivity contribution in [3.63, 3.8) is 0 Å². The third-order valence-electron chi connectivity index (χ3n) is 6.17. The number of para-hydroxylation sites is 1. The highest BCUT2D eigenvalue weighted by atomic mass is 16.5. The molecule has 2 amide bonds. The van der Waals surface area contributed by atoms with E-state index >= 15 is 0 Å². The van der Waals surface area contributed by atoms with Crippen molar-refractivity contribution in [2.45, 2.75) is 38.6 Å². The van der Waals surface area contributed by atoms with E-state index in [4.69, 9.17) is 4.74 Å². The first-order chi connectivity index (χ1) is 14.2. The van der Waals surface area contributed by atoms with Crippen molar-refractivity contribution in [1.82, 2.24) is 14.5 Å². The molecule has 3 aliphatic heterocycles. The number of aryl methyl sites for hydroxylation is 1. The summed E-state index contributed by atoms with van der Waals surface area (Å²) in [7, 11) is 0. The number of hydrogen-bond acceptors (Lipinski definition) is 4. The molecule has 4 heterocycles. The van der Waals surface area contributed by atoms with Crippen LogP contribution in [0.25, 0.3) is 0 Å². The number of imidazole rings is 1. The van der Waals surface area contributed by atoms with E-state index in [1.54, 1.807) is 4.90 Å². The van der Waals surface area contributed by atoms with Crippen LogP contribution in [-0.2, 0) is 24.1 Å². The minimum absolute atomic E-state index is 0.0722. The van der Waals surface area contributed by atoms with E-state index in [0.717, 1.165) is 50.0 Å². The quantitative estimate of drug-likeness (QED) is 0.784. The number of hydrogen-bond donors (Lipinski definition) is 0. The smallest absolute Gasteiger partial charge is 0.294 e. The van der Waals surface area contributed by atoms with Crippen LogP contribution in [0.15, 0.2) is 24.3 Å². The Morgan fingerprint density at radius 2 is 1.72 bits per heavy atom. The Morgan fingerprint density at radius 3 is 2.59 bits per heavy atom. The van der Waals surface area contributed by atoms with E-state index in [2.05, 4.69) is 11.1 Å². The minimum Gasteiger partial charge on any atom is -0.378 e. The standard InChI is InChI=1S/C22H26N4O3/c27-21(24-12-14-29-15-13-24)19-18-9-3-4-10-25(18)20(23-19)22(28)26-11-5-7-16-6-1-2-8-17(16)26/h1-2,6,8H,3-5,7,9-15H2. The first kappa shape index (κ1) is 18.4. The van der Waals surface area contributed by atoms with Crippen molar-refractivity contribution >= 4 is 17.5 Å². The predicted molar refractivity (Wildman–Crippen MR) is 108 cm³/mol. The molecule has 1 fully saturated rings. The van der Waals surface area contributed by atoms with E-state index in [0.29, 0.717) is 44.4 Å². The molecule has 0 unspecified atom stereocenters. The third kappa shape index (κ3) is 3.23. The highest BCUT2D eigenvalue weighted by Gasteiger charge is 2.33. The zero-order valence-electron chi connectivity index (χ0n) is 16.6. The average molecular weight is 394 g/mol. The molecule has 0 bridgehead atoms. The molecule has 7 heteroatoms. The van der Waals surface area contributed by atoms with E-state index in [1.807, 2.05) is 27.7 Å². The van der Waals surface area contributed by atoms with Gasteiger partial charge in [0.05, 0.1) is 18.9 Å². The monoisotopic (exact) mass is 394 g/mol. The van der Waals surface area contributed by atoms with Crippen molar-refractivity contribution in [3.8, 4) is 0 Å². The van der Waals surface area contributed by atoms with Gasteiger partial charge in [0.2, 0.25) is 5.82 Å². The highest BCUT2D eigenvalue weighted by molar-refractivity contribution is 6.06. The second-order valence-corrected chi connectivity index (χ2v) is 7.93. The number of carbonyl (C=O) groups excluding carboxylic acids is 2. The molecule has 0 atom stereocenters. The maximum atomic E-state index is 13.5. The highest BCUT2D eigenvalue weighted by Crippen LogP contribution is 2.30. The van der Waals surface area contributed by atoms with Gasteiger partial charge in [-0.1, -0.05) is 18.2 Å². The lowest BCUT2D eigenvalue weighted by molar-refractivity contribution is 0.0298. The van der Waals surface area contributed by atoms with Crippen LogP contribution in [0.3, 0.4) is 0 Å². The molecule has 152 valence electrons. The number of benzene rings is 1. The number of anilines is 1. The van der Waals surface area contributed by atoms with Gasteiger partial charge in [0, 0.05) is 31.9 Å². The van der Waals surface area contributed by atoms with Gasteiger partial charge < -0.3 is 19.1 Å². The molecule has 3 aliphatic rings. The van der Waals surface area contributed by atoms with Crippen LogP contribution in [0.1, 0.15) is 51.6 Å². The number of carbonyl (C=O) groups is 2. The second kappa shape index (κ2) is 7.63. The largest absolute Gasteiger partial charge is 0.378 e. The van der Waals surface area contributed by atoms with Crippen LogP contribution >= 0.6 is 0 Å². The Balaban J connectivity index is 1.52. The van der Waals surface area contributed by atoms with Gasteiger partial charge in [-0.15, -0.1) is 0 Å². The topological polar surface area (TPSA) is 67.7 Å². The lowest BCUT2D eigenvalue weighted by atomic mass is 10.0. The first-order valence-corrected chi connectivity index (χ1v) is 10.6. The predicted octanol–water partition coefficient (Wildman–Crippen LogP) is 2.28. The van der Waals surface area contributed by atoms with E-state index in [1.165, 1.54) is 5.56 Å². The summed E-state index contributed by atoms with van der Waals surface area (Å²) in [5.41, 5.74) is 3.54. The van der Waals surface area contributed by atoms with Crippen LogP contribution in [0.5, 0.6) is 0 Å². The van der Waals surface area contributed by atoms with Crippen molar-refractivity contribution in [2.24, 2.45) is 0 Å². The molecule has 29 heavy (non-hydrogen) atoms. The fourth-order valence-electron chi connectivity index (χ4n) is 4.66. The van der Waals surface area contributed by atoms with Gasteiger partial charge in [-0.3, -0.25) is 9.59 Å². The summed E-state index contributed by atoms with van der Waals surface area (Å²) in [6.07, 6.45) is 4.75. The summed E-state index contributed by atoms with van der Waals surface area (Å²) < 4.78 is 7.37. The lowest BCUT2D eigenvalue weighted by Crippen LogP contribution is -2.41. The number of amides is 2. The van der Waals surface area contributed by atoms with Gasteiger partial charge in [-0.25, -0.2) is 4.98 Å². The maximum Gasteiger partial charge on any atom is 0.294 e. The number of morpholine rings is 1. The van der Waals surface area contributed by atoms with Gasteiger partial charge in [0.1, 0.15) is 5.69 Å². The number of ether oxygens (including phenoxy) is 1. The van der Waals surface area contributed by atoms with Crippen molar-refractivity contribution in [2.75, 3.05) is 37.7 Å². The van der Waals surface area contributed by atoms with Gasteiger partial charge in [-0.2, -0.15) is 0 Å². The Labute approximate surface area is 170 Å². The maximum absolute atomic E-state index is 13.5. The van der Waals surface area contributed by atoms with Crippen LogP contribution in [0, 0.1) is 0 Å². The minimum atomic E-state index is -0.0960. The van der Waals surface area contributed by atoms with Gasteiger partial charge in [0.15, 0.2) is 0 Å². The Hall–Kier alpha value is -2.67. The van der Waals surface area contributed by atoms with Crippen molar-refractivity contribution in [1.29, 1.82) is 0 Å². The molecule has 1 saturated heterocycles. The van der Waals surface area contributed by atoms with E-state index in [9.17, 15) is 9.59 Å². The summed E-state index contributed by atoms with van der Waals surface area (Å²) in [5.74, 6) is 0.242. The van der Waals surface area contributed by atoms with E-state index in [-0.39, 0.29) is 11.8 Å². The number of aromatic nitrogens is 2. The molecule has 0 radical (unpaired) electrons. The van der Waals surface area contributed by atoms with Gasteiger partial charge >= 0.3 is 0 Å². The van der Waals surface area contributed by atoms with Gasteiger partial charge in [0.25, 0.3) is 11.8 Å². The fraction of sp³-hybridized carbons (Fsp3) is 0.500. The molecule has 1 aromatic carbocycles. The molecule has 1 aromatic heterocycles. The van der Waals surface area contributed by atoms with Crippen LogP contribution < -0.4 is 4.90 Å². The number of nitrogens with zero attached hydrogens (tertiary/aromatic N) is 4. The Morgan fingerprint density at radius 1 is 0.897 bits per heavy atom. The summed E-state index contributed by atoms with van der Waals surface area (Å²) >= 11 is 0. The Kier molecular flexibility index (Phi) is 4.83. The van der Waals surface area contributed by atoms with Crippen LogP contribution in [0.2, 0.25) is 0 Å². The number of fused-ring (bicyclic) bond motifs is 2. The van der Waals surface area contributed by atoms with Crippen molar-refractivity contribution < 1.29 is 14.3 Å². The molecule has 0 saturated carbocycles. The van der Waals surface area contributed by atoms with Crippen LogP contribution in [0.4, 0.5) is 5.69 Å². The molecular formula is C22H26N4O3. The fourth-order valence-corrected chi connectivity index (χ4v) is 4.66. The van der Waals surface area contributed by atoms with Crippen LogP contribution in [-0.4, -0.2) is 59.1 Å². The summed E-state index contributed by atoms with van der Waals surface area (Å²) in [4.78, 5) is 35.0. The van der Waals surface area contributed by atoms with Gasteiger partial charge in [-0.05, 0) is 43.7 Å². The Bertz CT molecular complexity index is 946. The third-order valence-corrected chi connectivity index (χ3v) is 6.17. The molecule has 2 aromatic rings. The molecule has 7 nitrogen and oxygen atoms in total. The normalized spacial score (nSPS) is 18.9. The number of rotatable bonds is 2. The zero-order chi connectivity index (χ0) is 19.8. The summed E-state index contributed by atoms with van der Waals surface area (Å²) in [5, 5.41) is 0. The second-order valence-electron chi connectivity index (χ2n) is 7.93. The molecule has 0 aliphatic carbocycles. The molecular weight excluding hydrogens is 368 g/mol. The van der Waals surface area contributed by atoms with Crippen molar-refractivity contribution in [3.05, 3.63) is 47.0 Å². The summed E-state index contributed by atoms with van der Waals surface area (Å²) in [6, 6.07) is 8.08. The molecule has 0 spiro atoms. The zero-order valence-corrected chi connectivity index (χ0v) is 16.6. The molecule has 5 rings (SSSR count). The average Bonchev–Trinajstić information content (AvgIpc) is 3.18. The molecule has 0 N–H and O–H groups in total. The first-order valence-electron chi connectivity index (χ1n) is 10.6. The summed E-state index contributed by atoms with van der Waals surface area (Å²) in [6.45, 7) is 3.69. The van der Waals surface area contributed by atoms with E-state index < -0.39 is 0 Å². The SMILES string of the molecule is O=C(c1nc(C(=O)N2CCCc3ccccc32)n2c1CCCC2)N1CCOCC1. The lowest BCUT2D eigenvalue weighted by Gasteiger charge is -2.29.